The average molecular weight is 572 g/mol. The molecule has 1 fully saturated rings. The van der Waals surface area contributed by atoms with Gasteiger partial charge in [-0.2, -0.15) is 0 Å². The molecule has 0 unspecified atom stereocenters. The van der Waals surface area contributed by atoms with Crippen molar-refractivity contribution in [3.05, 3.63) is 79.7 Å². The van der Waals surface area contributed by atoms with Gasteiger partial charge in [-0.05, 0) is 0 Å². The van der Waals surface area contributed by atoms with Gasteiger partial charge in [-0.15, -0.1) is 0 Å². The molecular formula is C36H48Zr. The zero-order chi connectivity index (χ0) is 26.8. The number of allylic oxidation sites excluding steroid dienone is 4. The molecule has 0 heterocycles. The minimum absolute atomic E-state index is 0.167. The van der Waals surface area contributed by atoms with Gasteiger partial charge in [-0.25, -0.2) is 0 Å². The molecule has 0 bridgehead atoms. The van der Waals surface area contributed by atoms with Gasteiger partial charge in [0.25, 0.3) is 0 Å². The van der Waals surface area contributed by atoms with Gasteiger partial charge in [0.05, 0.1) is 0 Å². The second-order valence-corrected chi connectivity index (χ2v) is 21.7. The van der Waals surface area contributed by atoms with Crippen LogP contribution in [0.3, 0.4) is 0 Å². The molecule has 0 saturated heterocycles. The van der Waals surface area contributed by atoms with Crippen LogP contribution in [0.1, 0.15) is 127 Å². The summed E-state index contributed by atoms with van der Waals surface area (Å²) in [6.45, 7) is 21.4. The van der Waals surface area contributed by atoms with E-state index in [1.165, 1.54) is 60.8 Å². The third kappa shape index (κ3) is 5.29. The fourth-order valence-corrected chi connectivity index (χ4v) is 16.1. The van der Waals surface area contributed by atoms with Crippen molar-refractivity contribution in [1.29, 1.82) is 0 Å². The summed E-state index contributed by atoms with van der Waals surface area (Å²) in [4.78, 5) is 0. The van der Waals surface area contributed by atoms with Crippen molar-refractivity contribution in [1.82, 2.24) is 0 Å². The normalized spacial score (nSPS) is 18.5. The van der Waals surface area contributed by atoms with Gasteiger partial charge in [0, 0.05) is 0 Å². The summed E-state index contributed by atoms with van der Waals surface area (Å²) in [6.07, 6.45) is 13.5. The van der Waals surface area contributed by atoms with Gasteiger partial charge in [-0.1, -0.05) is 0 Å². The number of rotatable bonds is 2. The molecule has 0 atom stereocenters. The first-order chi connectivity index (χ1) is 17.2. The molecule has 0 amide bonds. The number of benzene rings is 2. The SMILES string of the molecule is CC(C)(C)C1=CC[C]([Zr](=[C]2CCCCC2)[CH]2c3cc(C(C)(C)C)ccc3-c3ccc(C(C)(C)C)cc32)=C1. The van der Waals surface area contributed by atoms with Crippen LogP contribution >= 0.6 is 0 Å². The van der Waals surface area contributed by atoms with Gasteiger partial charge >= 0.3 is 236 Å². The Morgan fingerprint density at radius 2 is 1.16 bits per heavy atom. The summed E-state index contributed by atoms with van der Waals surface area (Å²) in [6, 6.07) is 15.0. The van der Waals surface area contributed by atoms with E-state index < -0.39 is 21.3 Å². The van der Waals surface area contributed by atoms with E-state index in [1.54, 1.807) is 16.7 Å². The predicted octanol–water partition coefficient (Wildman–Crippen LogP) is 10.4. The van der Waals surface area contributed by atoms with Crippen LogP contribution in [0.4, 0.5) is 0 Å². The number of fused-ring (bicyclic) bond motifs is 3. The Kier molecular flexibility index (Phi) is 7.14. The molecule has 0 N–H and O–H groups in total. The molecule has 0 aliphatic heterocycles. The third-order valence-electron chi connectivity index (χ3n) is 8.96. The minimum atomic E-state index is -2.23. The Morgan fingerprint density at radius 1 is 0.649 bits per heavy atom. The van der Waals surface area contributed by atoms with Gasteiger partial charge in [-0.3, -0.25) is 0 Å². The molecule has 5 rings (SSSR count). The van der Waals surface area contributed by atoms with Crippen LogP contribution in [0.2, 0.25) is 0 Å². The van der Waals surface area contributed by atoms with Crippen molar-refractivity contribution >= 4 is 3.21 Å². The Hall–Kier alpha value is -1.33. The first-order valence-corrected chi connectivity index (χ1v) is 18.6. The van der Waals surface area contributed by atoms with E-state index in [0.717, 1.165) is 0 Å². The summed E-state index contributed by atoms with van der Waals surface area (Å²) in [5, 5.41) is 0. The molecule has 2 aromatic carbocycles. The van der Waals surface area contributed by atoms with Crippen LogP contribution in [0.25, 0.3) is 11.1 Å². The monoisotopic (exact) mass is 570 g/mol. The summed E-state index contributed by atoms with van der Waals surface area (Å²) in [5.74, 6) is 0. The molecule has 196 valence electrons. The quantitative estimate of drug-likeness (QED) is 0.336. The summed E-state index contributed by atoms with van der Waals surface area (Å²) >= 11 is -2.23. The van der Waals surface area contributed by atoms with Crippen molar-refractivity contribution in [3.63, 3.8) is 0 Å². The van der Waals surface area contributed by atoms with E-state index in [4.69, 9.17) is 0 Å². The number of hydrogen-bond donors (Lipinski definition) is 0. The second-order valence-electron chi connectivity index (χ2n) is 14.9. The summed E-state index contributed by atoms with van der Waals surface area (Å²) in [7, 11) is 0. The van der Waals surface area contributed by atoms with E-state index in [1.807, 2.05) is 6.49 Å². The Labute approximate surface area is 234 Å². The van der Waals surface area contributed by atoms with Gasteiger partial charge in [0.15, 0.2) is 0 Å². The summed E-state index contributed by atoms with van der Waals surface area (Å²) in [5.41, 5.74) is 11.5. The van der Waals surface area contributed by atoms with Gasteiger partial charge in [0.2, 0.25) is 0 Å². The van der Waals surface area contributed by atoms with E-state index in [-0.39, 0.29) is 16.2 Å². The van der Waals surface area contributed by atoms with Crippen LogP contribution in [-0.4, -0.2) is 3.21 Å². The zero-order valence-corrected chi connectivity index (χ0v) is 27.4. The fourth-order valence-electron chi connectivity index (χ4n) is 6.61. The number of hydrogen-bond acceptors (Lipinski definition) is 0. The maximum absolute atomic E-state index is 2.69. The van der Waals surface area contributed by atoms with E-state index in [0.29, 0.717) is 3.63 Å². The molecule has 0 spiro atoms. The molecule has 0 radical (unpaired) electrons. The van der Waals surface area contributed by atoms with Crippen LogP contribution in [0, 0.1) is 5.41 Å². The molecule has 0 nitrogen and oxygen atoms in total. The van der Waals surface area contributed by atoms with Crippen molar-refractivity contribution < 1.29 is 21.3 Å². The Morgan fingerprint density at radius 3 is 1.59 bits per heavy atom. The van der Waals surface area contributed by atoms with Gasteiger partial charge < -0.3 is 0 Å². The topological polar surface area (TPSA) is 0 Å². The van der Waals surface area contributed by atoms with Crippen molar-refractivity contribution in [3.8, 4) is 11.1 Å². The predicted molar refractivity (Wildman–Crippen MR) is 159 cm³/mol. The molecule has 1 saturated carbocycles. The van der Waals surface area contributed by atoms with Crippen molar-refractivity contribution in [2.45, 2.75) is 115 Å². The molecular weight excluding hydrogens is 524 g/mol. The molecule has 37 heavy (non-hydrogen) atoms. The maximum atomic E-state index is 2.69. The zero-order valence-electron chi connectivity index (χ0n) is 24.9. The first-order valence-electron chi connectivity index (χ1n) is 14.7. The fraction of sp³-hybridized carbons (Fsp3) is 0.528. The third-order valence-corrected chi connectivity index (χ3v) is 17.6. The molecule has 1 heteroatoms. The van der Waals surface area contributed by atoms with Crippen LogP contribution in [0.15, 0.2) is 57.4 Å². The van der Waals surface area contributed by atoms with Gasteiger partial charge in [0.1, 0.15) is 0 Å². The average Bonchev–Trinajstić information content (AvgIpc) is 3.43. The molecule has 0 aromatic heterocycles. The standard InChI is InChI=1S/C21H25.C9H13.C6H10.Zr/c1-20(2,3)16-7-9-18-14(12-16)11-15-13-17(21(4,5)6)8-10-19(15)18;1-9(2,3)8-6-4-5-7-8;1-2-4-6-5-3-1;/h7-13H,1-6H3;6-7H,4H2,1-3H3;1-5H2;. The summed E-state index contributed by atoms with van der Waals surface area (Å²) < 4.78 is 4.48. The first kappa shape index (κ1) is 27.2. The Bertz CT molecular complexity index is 1240. The molecule has 3 aliphatic rings. The Balaban J connectivity index is 1.77. The molecule has 3 aliphatic carbocycles. The van der Waals surface area contributed by atoms with E-state index in [9.17, 15) is 0 Å². The van der Waals surface area contributed by atoms with E-state index in [2.05, 4.69) is 111 Å². The second kappa shape index (κ2) is 9.70. The van der Waals surface area contributed by atoms with E-state index >= 15 is 0 Å². The van der Waals surface area contributed by atoms with Crippen molar-refractivity contribution in [2.24, 2.45) is 5.41 Å². The van der Waals surface area contributed by atoms with Crippen LogP contribution < -0.4 is 0 Å². The molecule has 2 aromatic rings. The van der Waals surface area contributed by atoms with Crippen LogP contribution in [-0.2, 0) is 32.1 Å². The van der Waals surface area contributed by atoms with Crippen molar-refractivity contribution in [2.75, 3.05) is 0 Å². The van der Waals surface area contributed by atoms with Crippen LogP contribution in [0.5, 0.6) is 0 Å².